The van der Waals surface area contributed by atoms with Crippen LogP contribution in [0.5, 0.6) is 0 Å². The van der Waals surface area contributed by atoms with Gasteiger partial charge in [0.2, 0.25) is 0 Å². The van der Waals surface area contributed by atoms with E-state index in [4.69, 9.17) is 4.98 Å². The van der Waals surface area contributed by atoms with E-state index in [0.717, 1.165) is 32.7 Å². The molecule has 0 atom stereocenters. The van der Waals surface area contributed by atoms with E-state index in [1.54, 1.807) is 39.8 Å². The highest BCUT2D eigenvalue weighted by Gasteiger charge is 2.07. The van der Waals surface area contributed by atoms with Crippen LogP contribution in [-0.2, 0) is 11.5 Å². The Bertz CT molecular complexity index is 1060. The molecule has 25 heavy (non-hydrogen) atoms. The number of fused-ring (bicyclic) bond motifs is 1. The molecule has 126 valence electrons. The van der Waals surface area contributed by atoms with Crippen LogP contribution in [0.15, 0.2) is 52.1 Å². The molecule has 0 radical (unpaired) electrons. The summed E-state index contributed by atoms with van der Waals surface area (Å²) in [6.07, 6.45) is 1.76. The Hall–Kier alpha value is -1.96. The van der Waals surface area contributed by atoms with E-state index in [-0.39, 0.29) is 5.56 Å². The van der Waals surface area contributed by atoms with Crippen LogP contribution in [0, 0.1) is 6.92 Å². The monoisotopic (exact) mass is 385 g/mol. The van der Waals surface area contributed by atoms with E-state index in [9.17, 15) is 4.79 Å². The van der Waals surface area contributed by atoms with Gasteiger partial charge in [-0.15, -0.1) is 34.4 Å². The molecule has 4 aromatic rings. The fourth-order valence-corrected chi connectivity index (χ4v) is 4.91. The molecule has 0 aliphatic heterocycles. The summed E-state index contributed by atoms with van der Waals surface area (Å²) in [5.41, 5.74) is 4.29. The quantitative estimate of drug-likeness (QED) is 0.503. The largest absolute Gasteiger partial charge is 0.269 e. The maximum Gasteiger partial charge on any atom is 0.258 e. The lowest BCUT2D eigenvalue weighted by molar-refractivity contribution is 1.04. The fourth-order valence-electron chi connectivity index (χ4n) is 2.42. The van der Waals surface area contributed by atoms with E-state index in [1.807, 2.05) is 5.38 Å². The molecule has 0 fully saturated rings. The normalized spacial score (nSPS) is 11.2. The minimum atomic E-state index is -0.0165. The van der Waals surface area contributed by atoms with Crippen molar-refractivity contribution in [2.45, 2.75) is 18.4 Å². The van der Waals surface area contributed by atoms with Crippen molar-refractivity contribution in [3.05, 3.63) is 74.6 Å². The summed E-state index contributed by atoms with van der Waals surface area (Å²) in [7, 11) is 0. The number of thiazole rings is 2. The first kappa shape index (κ1) is 16.5. The molecule has 0 spiro atoms. The molecule has 0 saturated heterocycles. The van der Waals surface area contributed by atoms with E-state index in [0.29, 0.717) is 5.75 Å². The van der Waals surface area contributed by atoms with Crippen LogP contribution < -0.4 is 5.56 Å². The van der Waals surface area contributed by atoms with Crippen molar-refractivity contribution in [2.75, 3.05) is 0 Å². The zero-order valence-corrected chi connectivity index (χ0v) is 16.0. The lowest BCUT2D eigenvalue weighted by Gasteiger charge is -2.00. The number of hydrogen-bond donors (Lipinski definition) is 0. The first-order valence-corrected chi connectivity index (χ1v) is 10.7. The molecule has 0 saturated carbocycles. The van der Waals surface area contributed by atoms with E-state index in [1.165, 1.54) is 16.9 Å². The lowest BCUT2D eigenvalue weighted by atomic mass is 10.2. The fraction of sp³-hybridized carbons (Fsp3) is 0.167. The SMILES string of the molecule is Cc1ccc(-c2nc(CSCc3cc(=O)n4ccsc4n3)cs2)cc1. The maximum atomic E-state index is 12.0. The molecule has 1 aromatic carbocycles. The highest BCUT2D eigenvalue weighted by atomic mass is 32.2. The molecule has 7 heteroatoms. The van der Waals surface area contributed by atoms with Crippen molar-refractivity contribution in [3.63, 3.8) is 0 Å². The molecule has 4 nitrogen and oxygen atoms in total. The summed E-state index contributed by atoms with van der Waals surface area (Å²) in [5, 5.41) is 5.03. The third kappa shape index (κ3) is 3.68. The van der Waals surface area contributed by atoms with Crippen LogP contribution in [0.3, 0.4) is 0 Å². The Balaban J connectivity index is 1.41. The van der Waals surface area contributed by atoms with Crippen LogP contribution in [0.4, 0.5) is 0 Å². The van der Waals surface area contributed by atoms with E-state index >= 15 is 0 Å². The minimum absolute atomic E-state index is 0.0165. The van der Waals surface area contributed by atoms with Crippen molar-refractivity contribution >= 4 is 39.4 Å². The summed E-state index contributed by atoms with van der Waals surface area (Å²) in [6, 6.07) is 10.1. The topological polar surface area (TPSA) is 47.3 Å². The zero-order valence-electron chi connectivity index (χ0n) is 13.5. The van der Waals surface area contributed by atoms with Gasteiger partial charge >= 0.3 is 0 Å². The van der Waals surface area contributed by atoms with Gasteiger partial charge in [-0.2, -0.15) is 0 Å². The Morgan fingerprint density at radius 2 is 1.88 bits per heavy atom. The first-order valence-electron chi connectivity index (χ1n) is 7.74. The van der Waals surface area contributed by atoms with Crippen molar-refractivity contribution in [2.24, 2.45) is 0 Å². The van der Waals surface area contributed by atoms with Gasteiger partial charge in [0, 0.05) is 40.1 Å². The van der Waals surface area contributed by atoms with Crippen molar-refractivity contribution in [1.82, 2.24) is 14.4 Å². The maximum absolute atomic E-state index is 12.0. The van der Waals surface area contributed by atoms with Crippen LogP contribution in [0.25, 0.3) is 15.5 Å². The highest BCUT2D eigenvalue weighted by molar-refractivity contribution is 7.97. The molecule has 0 unspecified atom stereocenters. The van der Waals surface area contributed by atoms with Crippen LogP contribution in [0.1, 0.15) is 17.0 Å². The summed E-state index contributed by atoms with van der Waals surface area (Å²) in [5.74, 6) is 1.52. The molecule has 0 bridgehead atoms. The number of nitrogens with zero attached hydrogens (tertiary/aromatic N) is 3. The molecule has 0 aliphatic rings. The van der Waals surface area contributed by atoms with Gasteiger partial charge in [0.05, 0.1) is 11.4 Å². The third-order valence-electron chi connectivity index (χ3n) is 3.71. The van der Waals surface area contributed by atoms with Crippen LogP contribution >= 0.6 is 34.4 Å². The second-order valence-electron chi connectivity index (χ2n) is 5.64. The third-order valence-corrected chi connectivity index (χ3v) is 6.40. The van der Waals surface area contributed by atoms with E-state index in [2.05, 4.69) is 41.6 Å². The van der Waals surface area contributed by atoms with Gasteiger partial charge in [-0.25, -0.2) is 9.97 Å². The van der Waals surface area contributed by atoms with Crippen molar-refractivity contribution < 1.29 is 0 Å². The molecule has 0 aliphatic carbocycles. The molecule has 3 heterocycles. The van der Waals surface area contributed by atoms with Gasteiger partial charge < -0.3 is 0 Å². The summed E-state index contributed by atoms with van der Waals surface area (Å²) in [4.78, 5) is 22.0. The Kier molecular flexibility index (Phi) is 4.70. The number of rotatable bonds is 5. The number of hydrogen-bond acceptors (Lipinski definition) is 6. The molecule has 0 N–H and O–H groups in total. The molecule has 4 rings (SSSR count). The van der Waals surface area contributed by atoms with Crippen molar-refractivity contribution in [1.29, 1.82) is 0 Å². The predicted octanol–water partition coefficient (Wildman–Crippen LogP) is 4.62. The second-order valence-corrected chi connectivity index (χ2v) is 8.36. The average molecular weight is 386 g/mol. The van der Waals surface area contributed by atoms with Gasteiger partial charge in [0.1, 0.15) is 5.01 Å². The predicted molar refractivity (Wildman–Crippen MR) is 107 cm³/mol. The smallest absolute Gasteiger partial charge is 0.258 e. The summed E-state index contributed by atoms with van der Waals surface area (Å²) < 4.78 is 1.58. The van der Waals surface area contributed by atoms with Crippen molar-refractivity contribution in [3.8, 4) is 10.6 Å². The Labute approximate surface area is 157 Å². The lowest BCUT2D eigenvalue weighted by Crippen LogP contribution is -2.12. The molecule has 0 amide bonds. The number of aromatic nitrogens is 3. The van der Waals surface area contributed by atoms with Gasteiger partial charge in [-0.3, -0.25) is 9.20 Å². The van der Waals surface area contributed by atoms with E-state index < -0.39 is 0 Å². The second kappa shape index (κ2) is 7.11. The highest BCUT2D eigenvalue weighted by Crippen LogP contribution is 2.26. The van der Waals surface area contributed by atoms with Crippen LogP contribution in [0.2, 0.25) is 0 Å². The zero-order chi connectivity index (χ0) is 17.2. The minimum Gasteiger partial charge on any atom is -0.269 e. The molecule has 3 aromatic heterocycles. The average Bonchev–Trinajstić information content (AvgIpc) is 3.25. The number of aryl methyl sites for hydroxylation is 1. The van der Waals surface area contributed by atoms with Crippen LogP contribution in [-0.4, -0.2) is 14.4 Å². The van der Waals surface area contributed by atoms with Gasteiger partial charge in [0.25, 0.3) is 5.56 Å². The summed E-state index contributed by atoms with van der Waals surface area (Å²) in [6.45, 7) is 2.08. The Morgan fingerprint density at radius 3 is 2.72 bits per heavy atom. The van der Waals surface area contributed by atoms with Gasteiger partial charge in [-0.1, -0.05) is 29.8 Å². The number of thioether (sulfide) groups is 1. The first-order chi connectivity index (χ1) is 12.2. The standard InChI is InChI=1S/C18H15N3OS3/c1-12-2-4-13(5-3-12)17-19-15(11-25-17)10-23-9-14-8-16(22)21-6-7-24-18(21)20-14/h2-8,11H,9-10H2,1H3. The number of benzene rings is 1. The Morgan fingerprint density at radius 1 is 1.08 bits per heavy atom. The molecular weight excluding hydrogens is 370 g/mol. The van der Waals surface area contributed by atoms with Gasteiger partial charge in [-0.05, 0) is 6.92 Å². The summed E-state index contributed by atoms with van der Waals surface area (Å²) >= 11 is 4.88. The molecular formula is C18H15N3OS3. The van der Waals surface area contributed by atoms with Gasteiger partial charge in [0.15, 0.2) is 4.96 Å².